The number of thiazole rings is 1. The zero-order valence-corrected chi connectivity index (χ0v) is 11.5. The first-order valence-corrected chi connectivity index (χ1v) is 7.17. The number of benzene rings is 3. The quantitative estimate of drug-likeness (QED) is 0.499. The Bertz CT molecular complexity index is 803. The van der Waals surface area contributed by atoms with Crippen molar-refractivity contribution < 1.29 is 5.11 Å². The summed E-state index contributed by atoms with van der Waals surface area (Å²) >= 11 is 1.68. The molecule has 0 saturated carbocycles. The molecule has 0 spiro atoms. The maximum atomic E-state index is 9.37. The molecule has 0 fully saturated rings. The second-order valence-electron chi connectivity index (χ2n) is 4.32. The molecule has 0 aliphatic heterocycles. The summed E-state index contributed by atoms with van der Waals surface area (Å²) in [4.78, 5) is 4.14. The zero-order valence-electron chi connectivity index (χ0n) is 10.7. The van der Waals surface area contributed by atoms with Gasteiger partial charge in [0.25, 0.3) is 0 Å². The summed E-state index contributed by atoms with van der Waals surface area (Å²) in [5.74, 6) is 0.350. The van der Waals surface area contributed by atoms with Crippen LogP contribution >= 0.6 is 11.3 Å². The second kappa shape index (κ2) is 5.72. The van der Waals surface area contributed by atoms with Crippen LogP contribution in [0.3, 0.4) is 0 Å². The van der Waals surface area contributed by atoms with Gasteiger partial charge in [0.05, 0.1) is 15.7 Å². The lowest BCUT2D eigenvalue weighted by Gasteiger charge is -1.97. The van der Waals surface area contributed by atoms with Gasteiger partial charge >= 0.3 is 0 Å². The third-order valence-corrected chi connectivity index (χ3v) is 3.81. The number of phenols is 1. The van der Waals surface area contributed by atoms with E-state index in [0.717, 1.165) is 16.3 Å². The highest BCUT2D eigenvalue weighted by molar-refractivity contribution is 7.16. The van der Waals surface area contributed by atoms with Crippen molar-refractivity contribution in [3.05, 3.63) is 72.2 Å². The normalized spacial score (nSPS) is 10.2. The van der Waals surface area contributed by atoms with Crippen molar-refractivity contribution >= 4 is 32.3 Å². The van der Waals surface area contributed by atoms with Crippen molar-refractivity contribution in [2.24, 2.45) is 0 Å². The predicted octanol–water partition coefficient (Wildman–Crippen LogP) is 4.84. The number of rotatable bonds is 0. The highest BCUT2D eigenvalue weighted by Gasteiger charge is 1.94. The van der Waals surface area contributed by atoms with Crippen LogP contribution in [0.15, 0.2) is 72.2 Å². The van der Waals surface area contributed by atoms with E-state index in [2.05, 4.69) is 11.1 Å². The molecule has 0 saturated heterocycles. The molecule has 1 aromatic heterocycles. The summed E-state index contributed by atoms with van der Waals surface area (Å²) in [6.07, 6.45) is 0. The molecule has 0 aliphatic carbocycles. The molecular formula is C17H13NOS. The van der Waals surface area contributed by atoms with Crippen LogP contribution in [0.1, 0.15) is 0 Å². The van der Waals surface area contributed by atoms with Gasteiger partial charge in [-0.25, -0.2) is 4.98 Å². The Kier molecular flexibility index (Phi) is 3.61. The largest absolute Gasteiger partial charge is 0.507 e. The molecule has 98 valence electrons. The molecule has 0 bridgehead atoms. The van der Waals surface area contributed by atoms with Crippen molar-refractivity contribution in [3.8, 4) is 5.75 Å². The van der Waals surface area contributed by atoms with Gasteiger partial charge in [0.15, 0.2) is 0 Å². The first-order chi connectivity index (χ1) is 9.84. The van der Waals surface area contributed by atoms with Gasteiger partial charge in [-0.1, -0.05) is 48.5 Å². The number of aromatic nitrogens is 1. The molecular weight excluding hydrogens is 266 g/mol. The van der Waals surface area contributed by atoms with Crippen molar-refractivity contribution in [3.63, 3.8) is 0 Å². The van der Waals surface area contributed by atoms with Crippen molar-refractivity contribution in [2.45, 2.75) is 0 Å². The Morgan fingerprint density at radius 2 is 1.55 bits per heavy atom. The third-order valence-electron chi connectivity index (χ3n) is 3.00. The van der Waals surface area contributed by atoms with Crippen molar-refractivity contribution in [2.75, 3.05) is 0 Å². The molecule has 4 rings (SSSR count). The number of phenolic OH excluding ortho intramolecular Hbond substituents is 1. The summed E-state index contributed by atoms with van der Waals surface area (Å²) in [6, 6.07) is 21.4. The monoisotopic (exact) mass is 279 g/mol. The molecule has 0 radical (unpaired) electrons. The molecule has 0 atom stereocenters. The predicted molar refractivity (Wildman–Crippen MR) is 85.2 cm³/mol. The van der Waals surface area contributed by atoms with E-state index in [0.29, 0.717) is 5.75 Å². The topological polar surface area (TPSA) is 33.1 Å². The third kappa shape index (κ3) is 2.63. The summed E-state index contributed by atoms with van der Waals surface area (Å²) in [6.45, 7) is 0. The Balaban J connectivity index is 0.000000123. The Morgan fingerprint density at radius 3 is 2.40 bits per heavy atom. The lowest BCUT2D eigenvalue weighted by Crippen LogP contribution is -1.70. The molecule has 4 aromatic rings. The fourth-order valence-corrected chi connectivity index (χ4v) is 2.69. The Labute approximate surface area is 121 Å². The summed E-state index contributed by atoms with van der Waals surface area (Å²) in [7, 11) is 0. The van der Waals surface area contributed by atoms with E-state index in [4.69, 9.17) is 0 Å². The maximum Gasteiger partial charge on any atom is 0.123 e. The van der Waals surface area contributed by atoms with Crippen LogP contribution in [0.2, 0.25) is 0 Å². The molecule has 20 heavy (non-hydrogen) atoms. The number of para-hydroxylation sites is 1. The molecule has 0 unspecified atom stereocenters. The summed E-state index contributed by atoms with van der Waals surface area (Å²) in [5.41, 5.74) is 2.97. The lowest BCUT2D eigenvalue weighted by molar-refractivity contribution is 0.481. The zero-order chi connectivity index (χ0) is 13.8. The highest BCUT2D eigenvalue weighted by Crippen LogP contribution is 2.22. The number of fused-ring (bicyclic) bond motifs is 2. The Morgan fingerprint density at radius 1 is 0.800 bits per heavy atom. The van der Waals surface area contributed by atoms with Crippen LogP contribution in [0.5, 0.6) is 5.75 Å². The minimum Gasteiger partial charge on any atom is -0.507 e. The van der Waals surface area contributed by atoms with Crippen LogP contribution in [-0.2, 0) is 0 Å². The molecule has 3 heteroatoms. The molecule has 0 amide bonds. The molecule has 2 nitrogen and oxygen atoms in total. The molecule has 1 heterocycles. The fraction of sp³-hybridized carbons (Fsp3) is 0. The average Bonchev–Trinajstić information content (AvgIpc) is 2.97. The second-order valence-corrected chi connectivity index (χ2v) is 5.20. The van der Waals surface area contributed by atoms with Gasteiger partial charge in [-0.15, -0.1) is 11.3 Å². The first kappa shape index (κ1) is 12.6. The first-order valence-electron chi connectivity index (χ1n) is 6.29. The van der Waals surface area contributed by atoms with Crippen LogP contribution in [0, 0.1) is 0 Å². The molecule has 3 aromatic carbocycles. The number of hydrogen-bond donors (Lipinski definition) is 1. The van der Waals surface area contributed by atoms with E-state index in [-0.39, 0.29) is 0 Å². The van der Waals surface area contributed by atoms with E-state index in [1.54, 1.807) is 17.4 Å². The van der Waals surface area contributed by atoms with Gasteiger partial charge in [-0.05, 0) is 23.6 Å². The van der Waals surface area contributed by atoms with E-state index < -0.39 is 0 Å². The number of aromatic hydroxyl groups is 1. The van der Waals surface area contributed by atoms with Gasteiger partial charge in [-0.3, -0.25) is 0 Å². The van der Waals surface area contributed by atoms with Gasteiger partial charge in [0, 0.05) is 5.39 Å². The van der Waals surface area contributed by atoms with E-state index in [1.807, 2.05) is 60.1 Å². The van der Waals surface area contributed by atoms with Crippen LogP contribution in [0.4, 0.5) is 0 Å². The maximum absolute atomic E-state index is 9.37. The SMILES string of the molecule is Oc1cccc2ccccc12.c1ccc2scnc2c1. The average molecular weight is 279 g/mol. The summed E-state index contributed by atoms with van der Waals surface area (Å²) in [5, 5.41) is 11.4. The summed E-state index contributed by atoms with van der Waals surface area (Å²) < 4.78 is 1.26. The number of nitrogens with zero attached hydrogens (tertiary/aromatic N) is 1. The van der Waals surface area contributed by atoms with Gasteiger partial charge in [-0.2, -0.15) is 0 Å². The van der Waals surface area contributed by atoms with Crippen LogP contribution in [0.25, 0.3) is 21.0 Å². The van der Waals surface area contributed by atoms with Gasteiger partial charge < -0.3 is 5.11 Å². The van der Waals surface area contributed by atoms with Crippen LogP contribution in [-0.4, -0.2) is 10.1 Å². The minimum absolute atomic E-state index is 0.350. The van der Waals surface area contributed by atoms with Gasteiger partial charge in [0.1, 0.15) is 5.75 Å². The van der Waals surface area contributed by atoms with E-state index in [1.165, 1.54) is 4.70 Å². The standard InChI is InChI=1S/C10H8O.C7H5NS/c11-10-7-3-5-8-4-1-2-6-9(8)10;1-2-4-7-6(3-1)8-5-9-7/h1-7,11H;1-5H. The fourth-order valence-electron chi connectivity index (χ4n) is 2.01. The van der Waals surface area contributed by atoms with Gasteiger partial charge in [0.2, 0.25) is 0 Å². The van der Waals surface area contributed by atoms with Crippen molar-refractivity contribution in [1.82, 2.24) is 4.98 Å². The minimum atomic E-state index is 0.350. The van der Waals surface area contributed by atoms with Crippen molar-refractivity contribution in [1.29, 1.82) is 0 Å². The van der Waals surface area contributed by atoms with E-state index >= 15 is 0 Å². The molecule has 0 aliphatic rings. The Hall–Kier alpha value is -2.39. The highest BCUT2D eigenvalue weighted by atomic mass is 32.1. The molecule has 1 N–H and O–H groups in total. The smallest absolute Gasteiger partial charge is 0.123 e. The van der Waals surface area contributed by atoms with Crippen LogP contribution < -0.4 is 0 Å². The van der Waals surface area contributed by atoms with E-state index in [9.17, 15) is 5.11 Å². The lowest BCUT2D eigenvalue weighted by atomic mass is 10.1. The number of hydrogen-bond acceptors (Lipinski definition) is 3.